The van der Waals surface area contributed by atoms with Crippen LogP contribution in [0.3, 0.4) is 0 Å². The third-order valence-corrected chi connectivity index (χ3v) is 8.66. The molecule has 1 unspecified atom stereocenters. The molecule has 0 saturated carbocycles. The predicted octanol–water partition coefficient (Wildman–Crippen LogP) is 3.90. The van der Waals surface area contributed by atoms with E-state index in [0.29, 0.717) is 24.8 Å². The zero-order chi connectivity index (χ0) is 24.6. The van der Waals surface area contributed by atoms with Gasteiger partial charge in [0.05, 0.1) is 23.1 Å². The molecule has 0 bridgehead atoms. The molecule has 1 atom stereocenters. The molecule has 0 N–H and O–H groups in total. The quantitative estimate of drug-likeness (QED) is 0.643. The van der Waals surface area contributed by atoms with Crippen LogP contribution in [0.5, 0.6) is 0 Å². The third kappa shape index (κ3) is 4.75. The topological polar surface area (TPSA) is 59.8 Å². The number of ether oxygens (including phenoxy) is 1. The summed E-state index contributed by atoms with van der Waals surface area (Å²) in [4.78, 5) is 20.1. The molecular weight excluding hydrogens is 457 g/mol. The summed E-state index contributed by atoms with van der Waals surface area (Å²) in [6.45, 7) is 5.93. The summed E-state index contributed by atoms with van der Waals surface area (Å²) in [6.07, 6.45) is 1.22. The minimum absolute atomic E-state index is 0.161. The van der Waals surface area contributed by atoms with Gasteiger partial charge in [0.1, 0.15) is 0 Å². The molecule has 0 aromatic heterocycles. The van der Waals surface area contributed by atoms with E-state index in [1.807, 2.05) is 9.80 Å². The first-order valence-electron chi connectivity index (χ1n) is 12.8. The summed E-state index contributed by atoms with van der Waals surface area (Å²) in [5.41, 5.74) is -1.08. The highest BCUT2D eigenvalue weighted by Crippen LogP contribution is 2.48. The van der Waals surface area contributed by atoms with Crippen molar-refractivity contribution < 1.29 is 22.7 Å². The maximum Gasteiger partial charge on any atom is 0.417 e. The first-order valence-corrected chi connectivity index (χ1v) is 12.8. The molecule has 6 nitrogen and oxygen atoms in total. The summed E-state index contributed by atoms with van der Waals surface area (Å²) in [5, 5.41) is 9.18. The number of amides is 1. The Morgan fingerprint density at radius 2 is 1.77 bits per heavy atom. The minimum Gasteiger partial charge on any atom is -0.381 e. The summed E-state index contributed by atoms with van der Waals surface area (Å²) < 4.78 is 46.4. The Kier molecular flexibility index (Phi) is 6.71. The van der Waals surface area contributed by atoms with Crippen molar-refractivity contribution in [2.75, 3.05) is 57.4 Å². The second-order valence-electron chi connectivity index (χ2n) is 10.5. The average Bonchev–Trinajstić information content (AvgIpc) is 3.53. The number of hydrogen-bond donors (Lipinski definition) is 0. The van der Waals surface area contributed by atoms with E-state index in [9.17, 15) is 23.2 Å². The van der Waals surface area contributed by atoms with Gasteiger partial charge >= 0.3 is 6.18 Å². The van der Waals surface area contributed by atoms with Crippen LogP contribution in [0, 0.1) is 22.7 Å². The van der Waals surface area contributed by atoms with Gasteiger partial charge in [-0.1, -0.05) is 0 Å². The summed E-state index contributed by atoms with van der Waals surface area (Å²) >= 11 is 0. The maximum absolute atomic E-state index is 13.7. The summed E-state index contributed by atoms with van der Waals surface area (Å²) in [6, 6.07) is 6.12. The van der Waals surface area contributed by atoms with Crippen molar-refractivity contribution in [1.82, 2.24) is 9.80 Å². The number of alkyl halides is 3. The fourth-order valence-corrected chi connectivity index (χ4v) is 6.62. The van der Waals surface area contributed by atoms with Crippen molar-refractivity contribution in [2.24, 2.45) is 11.3 Å². The Labute approximate surface area is 204 Å². The van der Waals surface area contributed by atoms with Crippen LogP contribution in [0.15, 0.2) is 18.2 Å². The molecule has 5 rings (SSSR count). The highest BCUT2D eigenvalue weighted by molar-refractivity contribution is 5.82. The normalized spacial score (nSPS) is 25.8. The van der Waals surface area contributed by atoms with Gasteiger partial charge in [-0.25, -0.2) is 0 Å². The van der Waals surface area contributed by atoms with E-state index >= 15 is 0 Å². The Morgan fingerprint density at radius 3 is 2.40 bits per heavy atom. The van der Waals surface area contributed by atoms with E-state index in [0.717, 1.165) is 84.0 Å². The van der Waals surface area contributed by atoms with Gasteiger partial charge in [-0.2, -0.15) is 18.4 Å². The Morgan fingerprint density at radius 1 is 1.09 bits per heavy atom. The molecule has 4 heterocycles. The monoisotopic (exact) mass is 490 g/mol. The van der Waals surface area contributed by atoms with E-state index in [2.05, 4.69) is 4.90 Å². The molecule has 0 aliphatic carbocycles. The number of nitriles is 1. The van der Waals surface area contributed by atoms with E-state index in [-0.39, 0.29) is 22.8 Å². The molecule has 0 radical (unpaired) electrons. The largest absolute Gasteiger partial charge is 0.417 e. The Hall–Kier alpha value is -2.31. The second-order valence-corrected chi connectivity index (χ2v) is 10.5. The standard InChI is InChI=1S/C26H33F3N4O2/c27-26(28,29)22-15-21(4-3-19(22)16-30)33-17-23(24(34)32-9-1-2-10-32)25(18-33)7-11-31(12-8-25)20-5-13-35-14-6-20/h3-4,15,20,23H,1-2,5-14,17-18H2. The first kappa shape index (κ1) is 24.4. The molecule has 4 fully saturated rings. The van der Waals surface area contributed by atoms with Gasteiger partial charge in [0.15, 0.2) is 0 Å². The van der Waals surface area contributed by atoms with Gasteiger partial charge in [0.2, 0.25) is 5.91 Å². The smallest absolute Gasteiger partial charge is 0.381 e. The molecule has 1 spiro atoms. The molecule has 1 amide bonds. The van der Waals surface area contributed by atoms with Crippen LogP contribution < -0.4 is 4.90 Å². The molecule has 4 saturated heterocycles. The van der Waals surface area contributed by atoms with Gasteiger partial charge in [-0.15, -0.1) is 0 Å². The van der Waals surface area contributed by atoms with Crippen molar-refractivity contribution in [2.45, 2.75) is 50.7 Å². The van der Waals surface area contributed by atoms with Crippen LogP contribution in [-0.4, -0.2) is 74.2 Å². The number of rotatable bonds is 3. The van der Waals surface area contributed by atoms with E-state index in [4.69, 9.17) is 4.74 Å². The van der Waals surface area contributed by atoms with Crippen molar-refractivity contribution >= 4 is 11.6 Å². The SMILES string of the molecule is N#Cc1ccc(N2CC(C(=O)N3CCCC3)C3(CCN(C4CCOCC4)CC3)C2)cc1C(F)(F)F. The molecule has 190 valence electrons. The molecule has 35 heavy (non-hydrogen) atoms. The molecule has 4 aliphatic heterocycles. The van der Waals surface area contributed by atoms with Crippen LogP contribution in [0.4, 0.5) is 18.9 Å². The first-order chi connectivity index (χ1) is 16.8. The van der Waals surface area contributed by atoms with E-state index in [1.165, 1.54) is 6.07 Å². The van der Waals surface area contributed by atoms with Crippen LogP contribution in [-0.2, 0) is 15.7 Å². The zero-order valence-corrected chi connectivity index (χ0v) is 20.0. The zero-order valence-electron chi connectivity index (χ0n) is 20.0. The third-order valence-electron chi connectivity index (χ3n) is 8.66. The van der Waals surface area contributed by atoms with Gasteiger partial charge in [-0.3, -0.25) is 4.79 Å². The number of anilines is 1. The molecular formula is C26H33F3N4O2. The number of piperidine rings is 1. The van der Waals surface area contributed by atoms with Gasteiger partial charge in [0, 0.05) is 56.5 Å². The average molecular weight is 491 g/mol. The lowest BCUT2D eigenvalue weighted by Gasteiger charge is -2.46. The molecule has 1 aromatic rings. The van der Waals surface area contributed by atoms with E-state index in [1.54, 1.807) is 12.1 Å². The van der Waals surface area contributed by atoms with Crippen LogP contribution in [0.1, 0.15) is 49.7 Å². The number of halogens is 3. The summed E-state index contributed by atoms with van der Waals surface area (Å²) in [5.74, 6) is -0.0587. The fraction of sp³-hybridized carbons (Fsp3) is 0.692. The van der Waals surface area contributed by atoms with Crippen molar-refractivity contribution in [3.05, 3.63) is 29.3 Å². The highest BCUT2D eigenvalue weighted by Gasteiger charge is 2.53. The number of carbonyl (C=O) groups excluding carboxylic acids is 1. The molecule has 9 heteroatoms. The number of nitrogens with zero attached hydrogens (tertiary/aromatic N) is 4. The predicted molar refractivity (Wildman–Crippen MR) is 125 cm³/mol. The molecule has 1 aromatic carbocycles. The lowest BCUT2D eigenvalue weighted by molar-refractivity contribution is -0.139. The highest BCUT2D eigenvalue weighted by atomic mass is 19.4. The Bertz CT molecular complexity index is 972. The van der Waals surface area contributed by atoms with Gasteiger partial charge in [-0.05, 0) is 69.8 Å². The van der Waals surface area contributed by atoms with Crippen molar-refractivity contribution in [1.29, 1.82) is 5.26 Å². The van der Waals surface area contributed by atoms with Crippen LogP contribution in [0.25, 0.3) is 0 Å². The van der Waals surface area contributed by atoms with Crippen LogP contribution >= 0.6 is 0 Å². The van der Waals surface area contributed by atoms with Gasteiger partial charge in [0.25, 0.3) is 0 Å². The minimum atomic E-state index is -4.60. The number of carbonyl (C=O) groups is 1. The second kappa shape index (κ2) is 9.62. The van der Waals surface area contributed by atoms with Crippen molar-refractivity contribution in [3.8, 4) is 6.07 Å². The molecule has 4 aliphatic rings. The van der Waals surface area contributed by atoms with E-state index < -0.39 is 11.7 Å². The van der Waals surface area contributed by atoms with Crippen LogP contribution in [0.2, 0.25) is 0 Å². The lowest BCUT2D eigenvalue weighted by atomic mass is 9.70. The summed E-state index contributed by atoms with van der Waals surface area (Å²) in [7, 11) is 0. The maximum atomic E-state index is 13.7. The van der Waals surface area contributed by atoms with Crippen molar-refractivity contribution in [3.63, 3.8) is 0 Å². The van der Waals surface area contributed by atoms with Gasteiger partial charge < -0.3 is 19.4 Å². The number of benzene rings is 1. The Balaban J connectivity index is 1.40. The lowest BCUT2D eigenvalue weighted by Crippen LogP contribution is -2.51. The number of hydrogen-bond acceptors (Lipinski definition) is 5. The fourth-order valence-electron chi connectivity index (χ4n) is 6.62. The number of likely N-dealkylation sites (tertiary alicyclic amines) is 2.